The number of halogens is 3. The normalized spacial score (nSPS) is 21.3. The molecule has 3 aromatic rings. The maximum absolute atomic E-state index is 15.5. The monoisotopic (exact) mass is 556 g/mol. The zero-order valence-corrected chi connectivity index (χ0v) is 21.7. The Hall–Kier alpha value is -3.60. The lowest BCUT2D eigenvalue weighted by atomic mass is 10.0. The molecule has 196 valence electrons. The number of alkyl halides is 1. The Bertz CT molecular complexity index is 1440. The minimum atomic E-state index is -1.70. The summed E-state index contributed by atoms with van der Waals surface area (Å²) in [6, 6.07) is 12.8. The fourth-order valence-corrected chi connectivity index (χ4v) is 7.09. The van der Waals surface area contributed by atoms with Gasteiger partial charge in [0.2, 0.25) is 23.6 Å². The van der Waals surface area contributed by atoms with Crippen LogP contribution in [0.3, 0.4) is 0 Å². The number of hydrazone groups is 1. The zero-order valence-electron chi connectivity index (χ0n) is 20.0. The summed E-state index contributed by atoms with van der Waals surface area (Å²) >= 11 is 2.57. The SMILES string of the molecule is N#CN=C(N)N1CCc2sc(N3N=C(c4cc(F)ccc4F)SC3(CCCN)c3ccccc3)nc2C1F. The van der Waals surface area contributed by atoms with Gasteiger partial charge in [-0.25, -0.2) is 23.2 Å². The molecule has 1 aromatic heterocycles. The van der Waals surface area contributed by atoms with Crippen molar-refractivity contribution in [2.75, 3.05) is 18.1 Å². The largest absolute Gasteiger partial charge is 0.369 e. The first-order valence-corrected chi connectivity index (χ1v) is 13.4. The van der Waals surface area contributed by atoms with Crippen molar-refractivity contribution in [2.45, 2.75) is 30.4 Å². The second kappa shape index (κ2) is 10.6. The first-order chi connectivity index (χ1) is 18.4. The number of thioether (sulfide) groups is 1. The van der Waals surface area contributed by atoms with E-state index < -0.39 is 22.8 Å². The number of benzene rings is 2. The van der Waals surface area contributed by atoms with Crippen LogP contribution in [-0.2, 0) is 11.3 Å². The van der Waals surface area contributed by atoms with Crippen molar-refractivity contribution in [3.63, 3.8) is 0 Å². The molecule has 0 amide bonds. The molecule has 5 rings (SSSR count). The molecule has 0 saturated carbocycles. The number of rotatable bonds is 6. The highest BCUT2D eigenvalue weighted by Crippen LogP contribution is 2.53. The molecule has 0 spiro atoms. The van der Waals surface area contributed by atoms with Crippen LogP contribution < -0.4 is 16.5 Å². The molecule has 13 heteroatoms. The average Bonchev–Trinajstić information content (AvgIpc) is 3.53. The number of nitrogens with two attached hydrogens (primary N) is 2. The number of aromatic nitrogens is 1. The van der Waals surface area contributed by atoms with E-state index in [4.69, 9.17) is 21.8 Å². The van der Waals surface area contributed by atoms with Gasteiger partial charge in [-0.15, -0.1) is 4.99 Å². The van der Waals surface area contributed by atoms with Gasteiger partial charge in [-0.3, -0.25) is 0 Å². The van der Waals surface area contributed by atoms with Crippen LogP contribution in [0.25, 0.3) is 0 Å². The third-order valence-corrected chi connectivity index (χ3v) is 8.89. The maximum Gasteiger partial charge on any atom is 0.218 e. The Kier molecular flexibility index (Phi) is 7.29. The van der Waals surface area contributed by atoms with Gasteiger partial charge in [-0.05, 0) is 43.1 Å². The second-order valence-corrected chi connectivity index (χ2v) is 11.0. The van der Waals surface area contributed by atoms with E-state index in [2.05, 4.69) is 9.98 Å². The number of nitrogens with zero attached hydrogens (tertiary/aromatic N) is 6. The molecular weight excluding hydrogens is 533 g/mol. The fraction of sp³-hybridized carbons (Fsp3) is 0.280. The third-order valence-electron chi connectivity index (χ3n) is 6.34. The predicted octanol–water partition coefficient (Wildman–Crippen LogP) is 4.55. The van der Waals surface area contributed by atoms with E-state index >= 15 is 4.39 Å². The average molecular weight is 557 g/mol. The van der Waals surface area contributed by atoms with Crippen LogP contribution in [0.2, 0.25) is 0 Å². The van der Waals surface area contributed by atoms with Gasteiger partial charge in [-0.1, -0.05) is 53.4 Å². The first kappa shape index (κ1) is 26.0. The minimum absolute atomic E-state index is 0.0295. The number of guanidine groups is 1. The van der Waals surface area contributed by atoms with Crippen LogP contribution >= 0.6 is 23.1 Å². The highest BCUT2D eigenvalue weighted by molar-refractivity contribution is 8.15. The molecular formula is C25H23F3N8S2. The van der Waals surface area contributed by atoms with E-state index in [9.17, 15) is 8.78 Å². The lowest BCUT2D eigenvalue weighted by Gasteiger charge is -2.35. The van der Waals surface area contributed by atoms with Gasteiger partial charge in [-0.2, -0.15) is 10.4 Å². The van der Waals surface area contributed by atoms with E-state index in [-0.39, 0.29) is 28.8 Å². The van der Waals surface area contributed by atoms with Crippen molar-refractivity contribution in [3.8, 4) is 6.19 Å². The van der Waals surface area contributed by atoms with Crippen LogP contribution in [0, 0.1) is 23.1 Å². The summed E-state index contributed by atoms with van der Waals surface area (Å²) in [5.74, 6) is -1.41. The van der Waals surface area contributed by atoms with E-state index in [1.165, 1.54) is 28.0 Å². The maximum atomic E-state index is 15.5. The zero-order chi connectivity index (χ0) is 26.9. The first-order valence-electron chi connectivity index (χ1n) is 11.8. The van der Waals surface area contributed by atoms with E-state index in [0.29, 0.717) is 35.8 Å². The fourth-order valence-electron chi connectivity index (χ4n) is 4.52. The Morgan fingerprint density at radius 2 is 2.03 bits per heavy atom. The molecule has 0 fully saturated rings. The van der Waals surface area contributed by atoms with Crippen molar-refractivity contribution in [2.24, 2.45) is 21.6 Å². The summed E-state index contributed by atoms with van der Waals surface area (Å²) < 4.78 is 44.5. The minimum Gasteiger partial charge on any atom is -0.369 e. The molecule has 2 aliphatic rings. The van der Waals surface area contributed by atoms with E-state index in [0.717, 1.165) is 23.8 Å². The molecule has 2 atom stereocenters. The number of fused-ring (bicyclic) bond motifs is 1. The summed E-state index contributed by atoms with van der Waals surface area (Å²) in [6.07, 6.45) is 1.44. The standard InChI is InChI=1S/C25H23F3N8S2/c26-16-7-8-18(27)17(13-16)22-34-36(25(38-22,10-4-11-29)15-5-2-1-3-6-15)24-33-20-19(37-24)9-12-35(21(20)28)23(31)32-14-30/h1-3,5-8,13,21H,4,9-12,29H2,(H2,31,32). The number of aliphatic imine (C=N–C) groups is 1. The van der Waals surface area contributed by atoms with E-state index in [1.807, 2.05) is 30.3 Å². The number of anilines is 1. The highest BCUT2D eigenvalue weighted by Gasteiger charge is 2.48. The van der Waals surface area contributed by atoms with Crippen molar-refractivity contribution in [1.82, 2.24) is 9.88 Å². The number of hydrogen-bond acceptors (Lipinski definition) is 8. The van der Waals surface area contributed by atoms with E-state index in [1.54, 1.807) is 11.2 Å². The van der Waals surface area contributed by atoms with Gasteiger partial charge in [0.25, 0.3) is 0 Å². The Morgan fingerprint density at radius 3 is 2.76 bits per heavy atom. The van der Waals surface area contributed by atoms with Gasteiger partial charge in [0, 0.05) is 23.4 Å². The van der Waals surface area contributed by atoms with Gasteiger partial charge < -0.3 is 16.4 Å². The molecule has 38 heavy (non-hydrogen) atoms. The van der Waals surface area contributed by atoms with Gasteiger partial charge >= 0.3 is 0 Å². The molecule has 0 radical (unpaired) electrons. The van der Waals surface area contributed by atoms with Gasteiger partial charge in [0.05, 0.1) is 0 Å². The van der Waals surface area contributed by atoms with Crippen molar-refractivity contribution >= 4 is 39.2 Å². The second-order valence-electron chi connectivity index (χ2n) is 8.64. The smallest absolute Gasteiger partial charge is 0.218 e. The molecule has 4 N–H and O–H groups in total. The molecule has 2 aromatic carbocycles. The van der Waals surface area contributed by atoms with Crippen LogP contribution in [0.15, 0.2) is 58.6 Å². The molecule has 2 aliphatic heterocycles. The van der Waals surface area contributed by atoms with Crippen LogP contribution in [-0.4, -0.2) is 34.0 Å². The highest BCUT2D eigenvalue weighted by atomic mass is 32.2. The predicted molar refractivity (Wildman–Crippen MR) is 143 cm³/mol. The quantitative estimate of drug-likeness (QED) is 0.198. The summed E-state index contributed by atoms with van der Waals surface area (Å²) in [5, 5.41) is 15.9. The topological polar surface area (TPSA) is 120 Å². The van der Waals surface area contributed by atoms with Crippen LogP contribution in [0.4, 0.5) is 18.3 Å². The Balaban J connectivity index is 1.64. The van der Waals surface area contributed by atoms with Gasteiger partial charge in [0.15, 0.2) is 0 Å². The number of hydrogen-bond donors (Lipinski definition) is 2. The molecule has 0 bridgehead atoms. The van der Waals surface area contributed by atoms with Gasteiger partial charge in [0.1, 0.15) is 27.2 Å². The third kappa shape index (κ3) is 4.59. The molecule has 3 heterocycles. The summed E-state index contributed by atoms with van der Waals surface area (Å²) in [6.45, 7) is 0.627. The number of nitriles is 1. The summed E-state index contributed by atoms with van der Waals surface area (Å²) in [4.78, 5) is 9.08. The molecule has 0 saturated heterocycles. The summed E-state index contributed by atoms with van der Waals surface area (Å²) in [5.41, 5.74) is 12.8. The lowest BCUT2D eigenvalue weighted by molar-refractivity contribution is 0.139. The molecule has 2 unspecified atom stereocenters. The van der Waals surface area contributed by atoms with Crippen molar-refractivity contribution in [3.05, 3.63) is 81.9 Å². The Morgan fingerprint density at radius 1 is 1.24 bits per heavy atom. The van der Waals surface area contributed by atoms with Crippen LogP contribution in [0.1, 0.15) is 40.8 Å². The van der Waals surface area contributed by atoms with Crippen molar-refractivity contribution in [1.29, 1.82) is 5.26 Å². The number of thiazole rings is 1. The summed E-state index contributed by atoms with van der Waals surface area (Å²) in [7, 11) is 0. The Labute approximate surface area is 225 Å². The van der Waals surface area contributed by atoms with Crippen molar-refractivity contribution < 1.29 is 13.2 Å². The molecule has 8 nitrogen and oxygen atoms in total. The molecule has 0 aliphatic carbocycles. The van der Waals surface area contributed by atoms with Crippen LogP contribution in [0.5, 0.6) is 0 Å². The lowest BCUT2D eigenvalue weighted by Crippen LogP contribution is -2.42.